The third-order valence-electron chi connectivity index (χ3n) is 3.34. The molecule has 22 heavy (non-hydrogen) atoms. The van der Waals surface area contributed by atoms with Crippen LogP contribution in [-0.4, -0.2) is 29.4 Å². The molecule has 0 radical (unpaired) electrons. The number of nitrogens with one attached hydrogen (secondary N) is 2. The summed E-state index contributed by atoms with van der Waals surface area (Å²) in [7, 11) is -2.39. The molecular formula is C17H22N3OP. The summed E-state index contributed by atoms with van der Waals surface area (Å²) < 4.78 is 0. The third kappa shape index (κ3) is 4.48. The van der Waals surface area contributed by atoms with Crippen molar-refractivity contribution in [1.82, 2.24) is 10.3 Å². The molecule has 1 heterocycles. The second-order valence-corrected chi connectivity index (χ2v) is 9.33. The molecule has 0 aliphatic heterocycles. The molecule has 0 saturated heterocycles. The van der Waals surface area contributed by atoms with Crippen molar-refractivity contribution < 1.29 is 4.89 Å². The maximum atomic E-state index is 10.2. The average molecular weight is 315 g/mol. The normalized spacial score (nSPS) is 12.8. The SMILES string of the molecule is C[PH](C)(O)c1cncc(/C(C=N)=C/NCc2ccccc2)c1. The number of nitrogens with zero attached hydrogens (tertiary/aromatic N) is 1. The number of benzene rings is 1. The van der Waals surface area contributed by atoms with E-state index in [1.807, 2.05) is 55.9 Å². The summed E-state index contributed by atoms with van der Waals surface area (Å²) in [6.45, 7) is 4.41. The van der Waals surface area contributed by atoms with E-state index in [0.717, 1.165) is 16.4 Å². The molecule has 0 spiro atoms. The molecule has 1 aromatic heterocycles. The molecule has 2 aromatic rings. The second-order valence-electron chi connectivity index (χ2n) is 5.63. The van der Waals surface area contributed by atoms with Gasteiger partial charge in [0.05, 0.1) is 0 Å². The molecule has 0 unspecified atom stereocenters. The average Bonchev–Trinajstić information content (AvgIpc) is 2.52. The third-order valence-corrected chi connectivity index (χ3v) is 5.03. The van der Waals surface area contributed by atoms with E-state index < -0.39 is 7.49 Å². The van der Waals surface area contributed by atoms with Crippen LogP contribution >= 0.6 is 7.49 Å². The van der Waals surface area contributed by atoms with E-state index in [4.69, 9.17) is 5.41 Å². The van der Waals surface area contributed by atoms with Crippen LogP contribution in [-0.2, 0) is 6.54 Å². The van der Waals surface area contributed by atoms with Crippen molar-refractivity contribution in [2.45, 2.75) is 6.54 Å². The molecule has 1 aromatic carbocycles. The summed E-state index contributed by atoms with van der Waals surface area (Å²) in [6.07, 6.45) is 6.52. The van der Waals surface area contributed by atoms with E-state index in [0.29, 0.717) is 6.54 Å². The molecule has 0 saturated carbocycles. The number of aromatic nitrogens is 1. The number of hydrogen-bond donors (Lipinski definition) is 3. The van der Waals surface area contributed by atoms with Gasteiger partial charge >= 0.3 is 131 Å². The molecule has 116 valence electrons. The standard InChI is InChI=1S/C17H22N3OP/c1-22(2,21)17-8-15(11-20-13-17)16(9-18)12-19-10-14-6-4-3-5-7-14/h3-9,11-13,18-19,21-22H,10H2,1-2H3/b16-12+,18-9?. The molecule has 0 amide bonds. The van der Waals surface area contributed by atoms with Gasteiger partial charge in [0.15, 0.2) is 0 Å². The molecule has 0 aliphatic rings. The number of pyridine rings is 1. The monoisotopic (exact) mass is 315 g/mol. The van der Waals surface area contributed by atoms with Gasteiger partial charge in [-0.05, 0) is 0 Å². The molecule has 0 atom stereocenters. The second kappa shape index (κ2) is 7.30. The zero-order chi connectivity index (χ0) is 16.0. The Morgan fingerprint density at radius 3 is 2.64 bits per heavy atom. The van der Waals surface area contributed by atoms with Crippen LogP contribution in [0.1, 0.15) is 11.1 Å². The van der Waals surface area contributed by atoms with E-state index in [9.17, 15) is 4.89 Å². The van der Waals surface area contributed by atoms with Gasteiger partial charge in [-0.2, -0.15) is 0 Å². The van der Waals surface area contributed by atoms with Gasteiger partial charge in [-0.15, -0.1) is 0 Å². The Morgan fingerprint density at radius 1 is 1.27 bits per heavy atom. The molecule has 4 nitrogen and oxygen atoms in total. The number of hydrogen-bond acceptors (Lipinski definition) is 4. The van der Waals surface area contributed by atoms with Crippen LogP contribution in [0.2, 0.25) is 0 Å². The molecule has 0 fully saturated rings. The van der Waals surface area contributed by atoms with E-state index in [2.05, 4.69) is 10.3 Å². The van der Waals surface area contributed by atoms with Gasteiger partial charge in [0.25, 0.3) is 0 Å². The summed E-state index contributed by atoms with van der Waals surface area (Å²) in [6, 6.07) is 12.0. The molecule has 0 bridgehead atoms. The summed E-state index contributed by atoms with van der Waals surface area (Å²) in [5, 5.41) is 11.7. The Morgan fingerprint density at radius 2 is 2.00 bits per heavy atom. The first kappa shape index (κ1) is 16.3. The van der Waals surface area contributed by atoms with E-state index >= 15 is 0 Å². The first-order chi connectivity index (χ1) is 10.5. The Bertz CT molecular complexity index is 663. The Labute approximate surface area is 131 Å². The van der Waals surface area contributed by atoms with Crippen molar-refractivity contribution in [3.63, 3.8) is 0 Å². The molecule has 0 aliphatic carbocycles. The fourth-order valence-electron chi connectivity index (χ4n) is 2.02. The van der Waals surface area contributed by atoms with Crippen molar-refractivity contribution in [2.24, 2.45) is 0 Å². The van der Waals surface area contributed by atoms with Crippen molar-refractivity contribution in [3.05, 3.63) is 66.1 Å². The van der Waals surface area contributed by atoms with Gasteiger partial charge < -0.3 is 0 Å². The van der Waals surface area contributed by atoms with E-state index in [1.165, 1.54) is 11.8 Å². The zero-order valence-electron chi connectivity index (χ0n) is 12.9. The van der Waals surface area contributed by atoms with Gasteiger partial charge in [-0.1, -0.05) is 0 Å². The van der Waals surface area contributed by atoms with Gasteiger partial charge in [0.1, 0.15) is 0 Å². The summed E-state index contributed by atoms with van der Waals surface area (Å²) in [4.78, 5) is 14.4. The Balaban J connectivity index is 2.14. The minimum atomic E-state index is -2.39. The maximum absolute atomic E-state index is 10.2. The molecule has 3 N–H and O–H groups in total. The van der Waals surface area contributed by atoms with Crippen molar-refractivity contribution in [1.29, 1.82) is 5.41 Å². The fourth-order valence-corrected chi connectivity index (χ4v) is 2.91. The number of rotatable bonds is 6. The van der Waals surface area contributed by atoms with Crippen LogP contribution in [0.3, 0.4) is 0 Å². The van der Waals surface area contributed by atoms with E-state index in [1.54, 1.807) is 12.4 Å². The van der Waals surface area contributed by atoms with Crippen LogP contribution in [0.25, 0.3) is 5.57 Å². The van der Waals surface area contributed by atoms with Crippen LogP contribution in [0.4, 0.5) is 0 Å². The van der Waals surface area contributed by atoms with Crippen LogP contribution in [0, 0.1) is 5.41 Å². The summed E-state index contributed by atoms with van der Waals surface area (Å²) >= 11 is 0. The zero-order valence-corrected chi connectivity index (χ0v) is 13.9. The van der Waals surface area contributed by atoms with Crippen LogP contribution in [0.15, 0.2) is 55.0 Å². The van der Waals surface area contributed by atoms with Crippen molar-refractivity contribution in [2.75, 3.05) is 13.3 Å². The molecule has 5 heteroatoms. The quantitative estimate of drug-likeness (QED) is 0.566. The fraction of sp³-hybridized carbons (Fsp3) is 0.176. The first-order valence-electron chi connectivity index (χ1n) is 7.17. The Kier molecular flexibility index (Phi) is 5.42. The molecular weight excluding hydrogens is 293 g/mol. The predicted molar refractivity (Wildman–Crippen MR) is 96.3 cm³/mol. The topological polar surface area (TPSA) is 69.0 Å². The number of allylic oxidation sites excluding steroid dienone is 1. The van der Waals surface area contributed by atoms with Gasteiger partial charge in [0, 0.05) is 0 Å². The Hall–Kier alpha value is -2.03. The summed E-state index contributed by atoms with van der Waals surface area (Å²) in [5.74, 6) is 0. The molecule has 2 rings (SSSR count). The minimum absolute atomic E-state index is 0.700. The summed E-state index contributed by atoms with van der Waals surface area (Å²) in [5.41, 5.74) is 2.75. The van der Waals surface area contributed by atoms with Gasteiger partial charge in [0.2, 0.25) is 0 Å². The van der Waals surface area contributed by atoms with Crippen LogP contribution < -0.4 is 10.6 Å². The van der Waals surface area contributed by atoms with Crippen molar-refractivity contribution in [3.8, 4) is 0 Å². The first-order valence-corrected chi connectivity index (χ1v) is 10.1. The van der Waals surface area contributed by atoms with Gasteiger partial charge in [-0.3, -0.25) is 0 Å². The van der Waals surface area contributed by atoms with Crippen molar-refractivity contribution >= 4 is 24.6 Å². The van der Waals surface area contributed by atoms with E-state index in [-0.39, 0.29) is 0 Å². The van der Waals surface area contributed by atoms with Crippen LogP contribution in [0.5, 0.6) is 0 Å². The predicted octanol–water partition coefficient (Wildman–Crippen LogP) is 2.40. The van der Waals surface area contributed by atoms with Gasteiger partial charge in [-0.25, -0.2) is 0 Å².